The topological polar surface area (TPSA) is 87.3 Å². The third-order valence-electron chi connectivity index (χ3n) is 2.66. The van der Waals surface area contributed by atoms with Crippen LogP contribution in [0.1, 0.15) is 17.3 Å². The summed E-state index contributed by atoms with van der Waals surface area (Å²) in [5.74, 6) is -0.0184. The average molecular weight is 310 g/mol. The maximum absolute atomic E-state index is 12.1. The zero-order chi connectivity index (χ0) is 15.4. The van der Waals surface area contributed by atoms with Gasteiger partial charge in [0.15, 0.2) is 10.8 Å². The van der Waals surface area contributed by atoms with Crippen LogP contribution in [0.15, 0.2) is 30.5 Å². The molecular weight excluding hydrogens is 298 g/mol. The standard InChI is InChI=1S/C13H12ClN3O4/c1-2-21-10-5-3-9(4-6-10)12(18)8-16-7-11(14)13(15-16)17(19)20/h3-7H,2,8H2,1H3. The van der Waals surface area contributed by atoms with Gasteiger partial charge in [0.05, 0.1) is 17.9 Å². The lowest BCUT2D eigenvalue weighted by Gasteiger charge is -2.03. The van der Waals surface area contributed by atoms with E-state index in [1.54, 1.807) is 24.3 Å². The predicted molar refractivity (Wildman–Crippen MR) is 75.8 cm³/mol. The molecule has 0 amide bonds. The Morgan fingerprint density at radius 3 is 2.62 bits per heavy atom. The molecule has 0 saturated heterocycles. The number of benzene rings is 1. The van der Waals surface area contributed by atoms with Crippen molar-refractivity contribution in [1.29, 1.82) is 0 Å². The number of ether oxygens (including phenoxy) is 1. The first kappa shape index (κ1) is 15.0. The molecule has 0 N–H and O–H groups in total. The molecule has 0 spiro atoms. The minimum Gasteiger partial charge on any atom is -0.494 e. The van der Waals surface area contributed by atoms with Crippen LogP contribution in [0.25, 0.3) is 0 Å². The fraction of sp³-hybridized carbons (Fsp3) is 0.231. The van der Waals surface area contributed by atoms with Crippen molar-refractivity contribution in [2.24, 2.45) is 0 Å². The average Bonchev–Trinajstić information content (AvgIpc) is 2.81. The number of rotatable bonds is 6. The lowest BCUT2D eigenvalue weighted by molar-refractivity contribution is -0.389. The highest BCUT2D eigenvalue weighted by atomic mass is 35.5. The van der Waals surface area contributed by atoms with Gasteiger partial charge in [0.1, 0.15) is 12.3 Å². The van der Waals surface area contributed by atoms with Gasteiger partial charge in [0.2, 0.25) is 0 Å². The van der Waals surface area contributed by atoms with E-state index >= 15 is 0 Å². The zero-order valence-electron chi connectivity index (χ0n) is 11.2. The molecule has 0 aliphatic heterocycles. The van der Waals surface area contributed by atoms with Gasteiger partial charge in [-0.3, -0.25) is 4.79 Å². The van der Waals surface area contributed by atoms with Gasteiger partial charge >= 0.3 is 5.82 Å². The van der Waals surface area contributed by atoms with Gasteiger partial charge in [-0.1, -0.05) is 11.6 Å². The molecule has 0 atom stereocenters. The van der Waals surface area contributed by atoms with Crippen molar-refractivity contribution in [3.8, 4) is 5.75 Å². The molecule has 110 valence electrons. The van der Waals surface area contributed by atoms with Gasteiger partial charge in [-0.05, 0) is 36.1 Å². The van der Waals surface area contributed by atoms with Crippen LogP contribution >= 0.6 is 11.6 Å². The molecule has 0 aliphatic rings. The molecule has 0 saturated carbocycles. The van der Waals surface area contributed by atoms with Crippen LogP contribution in [0.2, 0.25) is 5.02 Å². The molecule has 0 fully saturated rings. The fourth-order valence-electron chi connectivity index (χ4n) is 1.73. The monoisotopic (exact) mass is 309 g/mol. The van der Waals surface area contributed by atoms with E-state index in [1.807, 2.05) is 6.92 Å². The highest BCUT2D eigenvalue weighted by molar-refractivity contribution is 6.32. The van der Waals surface area contributed by atoms with Crippen LogP contribution in [0.3, 0.4) is 0 Å². The first-order chi connectivity index (χ1) is 10.0. The molecule has 0 bridgehead atoms. The van der Waals surface area contributed by atoms with Crippen molar-refractivity contribution in [1.82, 2.24) is 9.78 Å². The Labute approximate surface area is 125 Å². The summed E-state index contributed by atoms with van der Waals surface area (Å²) in [4.78, 5) is 22.0. The number of carbonyl (C=O) groups is 1. The summed E-state index contributed by atoms with van der Waals surface area (Å²) in [7, 11) is 0. The summed E-state index contributed by atoms with van der Waals surface area (Å²) in [5.41, 5.74) is 0.465. The van der Waals surface area contributed by atoms with E-state index in [1.165, 1.54) is 6.20 Å². The summed E-state index contributed by atoms with van der Waals surface area (Å²) in [6.07, 6.45) is 1.26. The number of Topliss-reactive ketones (excluding diaryl/α,β-unsaturated/α-hetero) is 1. The van der Waals surface area contributed by atoms with E-state index in [-0.39, 0.29) is 17.4 Å². The molecule has 0 unspecified atom stereocenters. The maximum atomic E-state index is 12.1. The van der Waals surface area contributed by atoms with Gasteiger partial charge < -0.3 is 14.9 Å². The summed E-state index contributed by atoms with van der Waals surface area (Å²) in [6.45, 7) is 2.29. The van der Waals surface area contributed by atoms with Gasteiger partial charge in [0, 0.05) is 5.56 Å². The highest BCUT2D eigenvalue weighted by Gasteiger charge is 2.20. The minimum absolute atomic E-state index is 0.0977. The normalized spacial score (nSPS) is 10.4. The first-order valence-electron chi connectivity index (χ1n) is 6.14. The molecule has 0 aliphatic carbocycles. The minimum atomic E-state index is -0.694. The Balaban J connectivity index is 2.10. The Morgan fingerprint density at radius 1 is 1.43 bits per heavy atom. The quantitative estimate of drug-likeness (QED) is 0.465. The van der Waals surface area contributed by atoms with Crippen molar-refractivity contribution in [3.05, 3.63) is 51.2 Å². The second-order valence-electron chi connectivity index (χ2n) is 4.14. The zero-order valence-corrected chi connectivity index (χ0v) is 11.9. The van der Waals surface area contributed by atoms with Crippen LogP contribution < -0.4 is 4.74 Å². The maximum Gasteiger partial charge on any atom is 0.408 e. The van der Waals surface area contributed by atoms with Gasteiger partial charge in [-0.2, -0.15) is 4.68 Å². The molecule has 0 radical (unpaired) electrons. The molecule has 1 heterocycles. The fourth-order valence-corrected chi connectivity index (χ4v) is 1.95. The molecule has 7 nitrogen and oxygen atoms in total. The predicted octanol–water partition coefficient (Wildman–Crippen LogP) is 2.73. The summed E-state index contributed by atoms with van der Waals surface area (Å²) >= 11 is 5.67. The lowest BCUT2D eigenvalue weighted by atomic mass is 10.1. The second kappa shape index (κ2) is 6.36. The first-order valence-corrected chi connectivity index (χ1v) is 6.52. The van der Waals surface area contributed by atoms with Crippen LogP contribution in [0, 0.1) is 10.1 Å². The summed E-state index contributed by atoms with van der Waals surface area (Å²) in [6, 6.07) is 6.64. The summed E-state index contributed by atoms with van der Waals surface area (Å²) < 4.78 is 6.44. The largest absolute Gasteiger partial charge is 0.494 e. The van der Waals surface area contributed by atoms with E-state index in [2.05, 4.69) is 5.10 Å². The number of carbonyl (C=O) groups excluding carboxylic acids is 1. The highest BCUT2D eigenvalue weighted by Crippen LogP contribution is 2.21. The Bertz CT molecular complexity index is 667. The Hall–Kier alpha value is -2.41. The van der Waals surface area contributed by atoms with Crippen molar-refractivity contribution in [2.45, 2.75) is 13.5 Å². The molecule has 21 heavy (non-hydrogen) atoms. The number of halogens is 1. The van der Waals surface area contributed by atoms with E-state index in [0.29, 0.717) is 17.9 Å². The van der Waals surface area contributed by atoms with Crippen molar-refractivity contribution in [3.63, 3.8) is 0 Å². The Kier molecular flexibility index (Phi) is 4.54. The smallest absolute Gasteiger partial charge is 0.408 e. The van der Waals surface area contributed by atoms with E-state index in [4.69, 9.17) is 16.3 Å². The number of hydrogen-bond acceptors (Lipinski definition) is 5. The van der Waals surface area contributed by atoms with E-state index < -0.39 is 10.7 Å². The van der Waals surface area contributed by atoms with Crippen LogP contribution in [-0.4, -0.2) is 27.1 Å². The van der Waals surface area contributed by atoms with Crippen LogP contribution in [0.4, 0.5) is 5.82 Å². The molecular formula is C13H12ClN3O4. The number of hydrogen-bond donors (Lipinski definition) is 0. The molecule has 1 aromatic carbocycles. The molecule has 2 aromatic rings. The molecule has 8 heteroatoms. The SMILES string of the molecule is CCOc1ccc(C(=O)Cn2cc(Cl)c([N+](=O)[O-])n2)cc1. The molecule has 2 rings (SSSR count). The Morgan fingerprint density at radius 2 is 2.10 bits per heavy atom. The number of nitro groups is 1. The number of aromatic nitrogens is 2. The van der Waals surface area contributed by atoms with Crippen molar-refractivity contribution < 1.29 is 14.5 Å². The number of ketones is 1. The third-order valence-corrected chi connectivity index (χ3v) is 2.93. The van der Waals surface area contributed by atoms with Crippen molar-refractivity contribution >= 4 is 23.2 Å². The van der Waals surface area contributed by atoms with Gasteiger partial charge in [-0.15, -0.1) is 0 Å². The van der Waals surface area contributed by atoms with Crippen LogP contribution in [-0.2, 0) is 6.54 Å². The van der Waals surface area contributed by atoms with E-state index in [9.17, 15) is 14.9 Å². The second-order valence-corrected chi connectivity index (χ2v) is 4.54. The van der Waals surface area contributed by atoms with Gasteiger partial charge in [0.25, 0.3) is 0 Å². The van der Waals surface area contributed by atoms with Crippen molar-refractivity contribution in [2.75, 3.05) is 6.61 Å². The lowest BCUT2D eigenvalue weighted by Crippen LogP contribution is -2.11. The van der Waals surface area contributed by atoms with Crippen LogP contribution in [0.5, 0.6) is 5.75 Å². The van der Waals surface area contributed by atoms with Gasteiger partial charge in [-0.25, -0.2) is 0 Å². The summed E-state index contributed by atoms with van der Waals surface area (Å²) in [5, 5.41) is 14.2. The van der Waals surface area contributed by atoms with E-state index in [0.717, 1.165) is 4.68 Å². The molecule has 1 aromatic heterocycles. The number of nitrogens with zero attached hydrogens (tertiary/aromatic N) is 3. The third kappa shape index (κ3) is 3.57.